The summed E-state index contributed by atoms with van der Waals surface area (Å²) in [4.78, 5) is 211. The van der Waals surface area contributed by atoms with Gasteiger partial charge in [-0.25, -0.2) is 33.6 Å². The fourth-order valence-electron chi connectivity index (χ4n) is 16.5. The Bertz CT molecular complexity index is 4760. The van der Waals surface area contributed by atoms with E-state index >= 15 is 9.59 Å². The third-order valence-electron chi connectivity index (χ3n) is 23.7. The van der Waals surface area contributed by atoms with E-state index in [9.17, 15) is 75.9 Å². The smallest absolute Gasteiger partial charge is 0.421 e. The Morgan fingerprint density at radius 2 is 1.45 bits per heavy atom. The number of urea groups is 1. The maximum atomic E-state index is 15.3. The number of ether oxygens (including phenoxy) is 6. The van der Waals surface area contributed by atoms with E-state index in [1.54, 1.807) is 75.5 Å². The first kappa shape index (κ1) is 107. The average molecular weight is 1900 g/mol. The number of piperidine rings is 1. The maximum Gasteiger partial charge on any atom is 0.421 e. The van der Waals surface area contributed by atoms with Gasteiger partial charge in [0.2, 0.25) is 53.2 Å². The number of rotatable bonds is 56. The Kier molecular flexibility index (Phi) is 42.2. The number of carboxylic acids is 1. The van der Waals surface area contributed by atoms with Crippen molar-refractivity contribution in [2.75, 3.05) is 92.7 Å². The fourth-order valence-corrected chi connectivity index (χ4v) is 17.9. The molecule has 3 fully saturated rings. The van der Waals surface area contributed by atoms with E-state index < -0.39 is 204 Å². The standard InChI is InChI=1S/C87H128N20O24S2/c1-12-53(6)75(66(126-10)46-72(113)105-35-17-21-65(105)77(127-11)54(7)78(114)97-63(82-91-34-41-132-82)42-55-18-14-13-15-19-55)103(9)83(118)74(52(4)5)99-81(117)76-56-23-25-61(44-56)107(76)87(123)131-49-57-22-24-59(94-79(115)62(20-16-30-92-85(88)121)96-80(116)73(51(2)3)98-68(109)29-38-128-39-37-106-70(111)26-27-71(106)112)43-58(57)48-129-50-60-47-104(102-100-60)36-40-130-86(122)101-133(124,125)93-31-28-67(108)95-64(84(119)120)45-69(110)90-33-32-89-8/h13-15,18-19,22,24,26-27,34,41,43,47,51-54,56,61-66,73-77,89,93H,12,16-17,20-21,23,25,28-33,35-40,42,44-46,48-50H2,1-11H3,(H,90,110)(H,94,115)(H,95,108)(H,96,116)(H,97,114)(H,98,109)(H,99,117)(H,101,122)(H,119,120)(H3,88,92,121)/t53-,54+,56-,61+,62-,63-,64-,65-,66+,73-,74-,75-,76-,77+/m0/s1. The van der Waals surface area contributed by atoms with Gasteiger partial charge in [-0.1, -0.05) is 96.5 Å². The Morgan fingerprint density at radius 3 is 2.12 bits per heavy atom. The molecule has 4 aromatic rings. The van der Waals surface area contributed by atoms with Crippen molar-refractivity contribution >= 4 is 116 Å². The number of nitrogens with one attached hydrogen (secondary N) is 11. The first-order valence-electron chi connectivity index (χ1n) is 44.6. The van der Waals surface area contributed by atoms with Crippen molar-refractivity contribution in [3.63, 3.8) is 0 Å². The van der Waals surface area contributed by atoms with Gasteiger partial charge < -0.3 is 96.9 Å². The first-order valence-corrected chi connectivity index (χ1v) is 46.9. The van der Waals surface area contributed by atoms with Crippen LogP contribution in [0.25, 0.3) is 0 Å². The molecule has 2 aromatic carbocycles. The van der Waals surface area contributed by atoms with Gasteiger partial charge in [0, 0.05) is 102 Å². The molecule has 14 N–H and O–H groups in total. The quantitative estimate of drug-likeness (QED) is 0.0221. The molecule has 732 valence electrons. The Morgan fingerprint density at radius 1 is 0.722 bits per heavy atom. The molecule has 46 heteroatoms. The molecular weight excluding hydrogens is 1770 g/mol. The number of aliphatic carboxylic acids is 1. The first-order chi connectivity index (χ1) is 63.4. The zero-order chi connectivity index (χ0) is 97.2. The van der Waals surface area contributed by atoms with Crippen LogP contribution in [-0.4, -0.2) is 290 Å². The molecule has 133 heavy (non-hydrogen) atoms. The third kappa shape index (κ3) is 32.3. The minimum Gasteiger partial charge on any atom is -0.480 e. The summed E-state index contributed by atoms with van der Waals surface area (Å²) in [5.41, 5.74) is 7.43. The highest BCUT2D eigenvalue weighted by molar-refractivity contribution is 7.88. The summed E-state index contributed by atoms with van der Waals surface area (Å²) in [5, 5.41) is 44.7. The second-order valence-electron chi connectivity index (χ2n) is 33.8. The molecule has 8 rings (SSSR count). The summed E-state index contributed by atoms with van der Waals surface area (Å²) >= 11 is 1.45. The van der Waals surface area contributed by atoms with Crippen molar-refractivity contribution < 1.29 is 114 Å². The molecule has 5 heterocycles. The van der Waals surface area contributed by atoms with Crippen LogP contribution in [0.15, 0.2) is 78.5 Å². The molecule has 2 bridgehead atoms. The van der Waals surface area contributed by atoms with E-state index in [1.807, 2.05) is 54.3 Å². The van der Waals surface area contributed by atoms with Crippen molar-refractivity contribution in [2.24, 2.45) is 35.3 Å². The van der Waals surface area contributed by atoms with Gasteiger partial charge >= 0.3 is 34.4 Å². The van der Waals surface area contributed by atoms with Crippen molar-refractivity contribution in [3.8, 4) is 0 Å². The normalized spacial score (nSPS) is 18.0. The van der Waals surface area contributed by atoms with Crippen LogP contribution in [0.2, 0.25) is 0 Å². The third-order valence-corrected chi connectivity index (χ3v) is 25.6. The lowest BCUT2D eigenvalue weighted by Gasteiger charge is -2.41. The van der Waals surface area contributed by atoms with E-state index in [4.69, 9.17) is 34.2 Å². The molecule has 44 nitrogen and oxygen atoms in total. The van der Waals surface area contributed by atoms with Gasteiger partial charge in [0.1, 0.15) is 54.1 Å². The monoisotopic (exact) mass is 1900 g/mol. The molecule has 14 atom stereocenters. The van der Waals surface area contributed by atoms with Gasteiger partial charge in [-0.15, -0.1) is 16.4 Å². The predicted octanol–water partition coefficient (Wildman–Crippen LogP) is 1.69. The molecule has 3 aliphatic heterocycles. The van der Waals surface area contributed by atoms with E-state index in [1.165, 1.54) is 53.5 Å². The molecule has 1 saturated carbocycles. The van der Waals surface area contributed by atoms with Gasteiger partial charge in [0.25, 0.3) is 11.8 Å². The highest BCUT2D eigenvalue weighted by Crippen LogP contribution is 2.43. The van der Waals surface area contributed by atoms with E-state index in [-0.39, 0.29) is 113 Å². The number of thiazole rings is 1. The van der Waals surface area contributed by atoms with Crippen LogP contribution in [0.5, 0.6) is 0 Å². The molecule has 4 aliphatic rings. The second-order valence-corrected chi connectivity index (χ2v) is 36.2. The van der Waals surface area contributed by atoms with Crippen LogP contribution in [0.4, 0.5) is 20.1 Å². The van der Waals surface area contributed by atoms with Crippen LogP contribution in [-0.2, 0) is 129 Å². The molecule has 2 aromatic heterocycles. The number of primary amides is 1. The Balaban J connectivity index is 0.936. The van der Waals surface area contributed by atoms with E-state index in [0.717, 1.165) is 27.6 Å². The number of nitrogens with two attached hydrogens (primary N) is 1. The number of imide groups is 1. The minimum atomic E-state index is -4.62. The number of carboxylic acid groups (broad SMARTS) is 1. The summed E-state index contributed by atoms with van der Waals surface area (Å²) < 4.78 is 65.3. The highest BCUT2D eigenvalue weighted by Gasteiger charge is 2.53. The topological polar surface area (TPSA) is 581 Å². The van der Waals surface area contributed by atoms with Crippen LogP contribution in [0.3, 0.4) is 0 Å². The fraction of sp³-hybridized carbons (Fsp3) is 0.609. The lowest BCUT2D eigenvalue weighted by Crippen LogP contribution is -2.60. The second kappa shape index (κ2) is 52.7. The number of nitrogens with zero attached hydrogens (tertiary/aromatic N) is 8. The molecule has 0 spiro atoms. The number of hydrogen-bond donors (Lipinski definition) is 13. The van der Waals surface area contributed by atoms with Gasteiger partial charge in [-0.05, 0) is 111 Å². The van der Waals surface area contributed by atoms with Crippen molar-refractivity contribution in [2.45, 2.75) is 225 Å². The SMILES string of the molecule is CC[C@H](C)[C@@H]([C@@H](CC(=O)N1CCC[C@H]1[C@H](OC)[C@@H](C)C(=O)N[C@@H](Cc1ccccc1)c1nccs1)OC)N(C)C(=O)[C@@H](NC(=O)[C@@H]1[C@H]2CC[C@H](C2)N1C(=O)OCc1ccc(NC(=O)[C@H](CCCNC(N)=O)NC(=O)[C@@H](NC(=O)CCOCCN2C(=O)C=CC2=O)C(C)C)cc1COCc1cn(CCOC(=O)NS(=O)(=O)NCCC(=O)N[C@@H](CC(=O)NCCNC)C(=O)O)nn1)C(C)C. The lowest BCUT2D eigenvalue weighted by molar-refractivity contribution is -0.148. The zero-order valence-corrected chi connectivity index (χ0v) is 78.6. The lowest BCUT2D eigenvalue weighted by atomic mass is 9.89. The summed E-state index contributed by atoms with van der Waals surface area (Å²) in [7, 11) is 1.69. The number of likely N-dealkylation sites (N-methyl/N-ethyl adjacent to an activating group) is 2. The maximum absolute atomic E-state index is 15.3. The zero-order valence-electron chi connectivity index (χ0n) is 76.9. The number of likely N-dealkylation sites (tertiary alicyclic amines) is 2. The van der Waals surface area contributed by atoms with E-state index in [0.29, 0.717) is 69.2 Å². The number of hydrogen-bond acceptors (Lipinski definition) is 28. The summed E-state index contributed by atoms with van der Waals surface area (Å²) in [6, 6.07) is 5.25. The van der Waals surface area contributed by atoms with Crippen LogP contribution in [0.1, 0.15) is 159 Å². The van der Waals surface area contributed by atoms with Crippen molar-refractivity contribution in [3.05, 3.63) is 106 Å². The molecule has 0 unspecified atom stereocenters. The Hall–Kier alpha value is -11.7. The molecule has 0 radical (unpaired) electrons. The number of anilines is 1. The number of methoxy groups -OCH3 is 2. The van der Waals surface area contributed by atoms with Crippen LogP contribution in [0, 0.1) is 29.6 Å². The van der Waals surface area contributed by atoms with Crippen molar-refractivity contribution in [1.29, 1.82) is 0 Å². The van der Waals surface area contributed by atoms with Gasteiger partial charge in [0.05, 0.1) is 94.8 Å². The number of amides is 15. The largest absolute Gasteiger partial charge is 0.480 e. The highest BCUT2D eigenvalue weighted by atomic mass is 32.2. The van der Waals surface area contributed by atoms with Gasteiger partial charge in [-0.2, -0.15) is 13.1 Å². The summed E-state index contributed by atoms with van der Waals surface area (Å²) in [6.07, 6.45) is 4.09. The van der Waals surface area contributed by atoms with Crippen molar-refractivity contribution in [1.82, 2.24) is 91.6 Å². The predicted molar refractivity (Wildman–Crippen MR) is 481 cm³/mol. The minimum absolute atomic E-state index is 0.00230. The average Bonchev–Trinajstić information content (AvgIpc) is 1.61. The number of carbonyl (C=O) groups excluding carboxylic acids is 14. The molecule has 2 saturated heterocycles. The number of carbonyl (C=O) groups is 15. The van der Waals surface area contributed by atoms with Crippen LogP contribution < -0.4 is 63.0 Å². The van der Waals surface area contributed by atoms with Gasteiger partial charge in [-0.3, -0.25) is 62.5 Å². The van der Waals surface area contributed by atoms with E-state index in [2.05, 4.69) is 63.1 Å². The summed E-state index contributed by atoms with van der Waals surface area (Å²) in [5.74, 6) is -9.91. The number of benzene rings is 2. The van der Waals surface area contributed by atoms with Gasteiger partial charge in [0.15, 0.2) is 0 Å². The molecular formula is C87H128N20O24S2. The van der Waals surface area contributed by atoms with Crippen LogP contribution >= 0.6 is 11.3 Å². The number of fused-ring (bicyclic) bond motifs is 2. The summed E-state index contributed by atoms with van der Waals surface area (Å²) in [6.45, 7) is 11.3. The molecule has 15 amide bonds. The Labute approximate surface area is 776 Å². The molecule has 1 aliphatic carbocycles. The number of aromatic nitrogens is 4.